The molecule has 0 aliphatic heterocycles. The molecule has 0 radical (unpaired) electrons. The molecular formula is C12H6BrCl2N. The monoisotopic (exact) mass is 313 g/mol. The maximum atomic E-state index is 6.02. The first kappa shape index (κ1) is 10.5. The van der Waals surface area contributed by atoms with Crippen LogP contribution >= 0.6 is 39.1 Å². The lowest BCUT2D eigenvalue weighted by Gasteiger charge is -1.95. The number of aromatic amines is 1. The van der Waals surface area contributed by atoms with Crippen LogP contribution in [0.4, 0.5) is 0 Å². The minimum atomic E-state index is 0.569. The summed E-state index contributed by atoms with van der Waals surface area (Å²) < 4.78 is 1.05. The maximum absolute atomic E-state index is 6.02. The van der Waals surface area contributed by atoms with Gasteiger partial charge < -0.3 is 4.98 Å². The summed E-state index contributed by atoms with van der Waals surface area (Å²) in [4.78, 5) is 3.31. The summed E-state index contributed by atoms with van der Waals surface area (Å²) in [5.41, 5.74) is 2.07. The molecule has 0 unspecified atom stereocenters. The van der Waals surface area contributed by atoms with Crippen molar-refractivity contribution in [1.29, 1.82) is 0 Å². The Labute approximate surface area is 110 Å². The fourth-order valence-corrected chi connectivity index (χ4v) is 2.56. The Bertz CT molecular complexity index is 703. The van der Waals surface area contributed by atoms with Gasteiger partial charge in [-0.25, -0.2) is 0 Å². The average Bonchev–Trinajstić information content (AvgIpc) is 2.55. The van der Waals surface area contributed by atoms with E-state index in [1.165, 1.54) is 0 Å². The summed E-state index contributed by atoms with van der Waals surface area (Å²) in [6.45, 7) is 0. The Balaban J connectivity index is 2.51. The topological polar surface area (TPSA) is 15.8 Å². The summed E-state index contributed by atoms with van der Waals surface area (Å²) in [5.74, 6) is 0. The van der Waals surface area contributed by atoms with Crippen molar-refractivity contribution in [3.05, 3.63) is 44.8 Å². The van der Waals surface area contributed by atoms with Crippen LogP contribution in [-0.2, 0) is 0 Å². The SMILES string of the molecule is Clc1cc2[nH]c3cc(Br)ccc3c2cc1Cl. The summed E-state index contributed by atoms with van der Waals surface area (Å²) in [5, 5.41) is 3.39. The highest BCUT2D eigenvalue weighted by Crippen LogP contribution is 2.33. The molecule has 0 saturated heterocycles. The van der Waals surface area contributed by atoms with Crippen molar-refractivity contribution in [2.24, 2.45) is 0 Å². The van der Waals surface area contributed by atoms with Gasteiger partial charge in [-0.3, -0.25) is 0 Å². The number of hydrogen-bond acceptors (Lipinski definition) is 0. The third-order valence-corrected chi connectivity index (χ3v) is 3.82. The van der Waals surface area contributed by atoms with E-state index in [4.69, 9.17) is 23.2 Å². The van der Waals surface area contributed by atoms with E-state index in [-0.39, 0.29) is 0 Å². The van der Waals surface area contributed by atoms with Crippen LogP contribution in [0.1, 0.15) is 0 Å². The molecule has 3 rings (SSSR count). The highest BCUT2D eigenvalue weighted by molar-refractivity contribution is 9.10. The van der Waals surface area contributed by atoms with Crippen molar-refractivity contribution in [1.82, 2.24) is 4.98 Å². The molecule has 1 aromatic heterocycles. The molecule has 0 fully saturated rings. The third kappa shape index (κ3) is 1.53. The largest absolute Gasteiger partial charge is 0.354 e. The molecule has 16 heavy (non-hydrogen) atoms. The fraction of sp³-hybridized carbons (Fsp3) is 0. The van der Waals surface area contributed by atoms with E-state index in [1.807, 2.05) is 24.3 Å². The quantitative estimate of drug-likeness (QED) is 0.572. The van der Waals surface area contributed by atoms with E-state index in [0.717, 1.165) is 26.3 Å². The Hall–Kier alpha value is -0.700. The van der Waals surface area contributed by atoms with E-state index in [1.54, 1.807) is 0 Å². The van der Waals surface area contributed by atoms with Crippen LogP contribution in [0.2, 0.25) is 10.0 Å². The molecule has 0 amide bonds. The van der Waals surface area contributed by atoms with Gasteiger partial charge in [-0.1, -0.05) is 45.2 Å². The zero-order valence-electron chi connectivity index (χ0n) is 8.02. The van der Waals surface area contributed by atoms with Gasteiger partial charge in [0.05, 0.1) is 10.0 Å². The molecule has 0 saturated carbocycles. The van der Waals surface area contributed by atoms with E-state index < -0.39 is 0 Å². The molecule has 80 valence electrons. The van der Waals surface area contributed by atoms with Gasteiger partial charge in [0.15, 0.2) is 0 Å². The van der Waals surface area contributed by atoms with Crippen molar-refractivity contribution in [2.45, 2.75) is 0 Å². The van der Waals surface area contributed by atoms with Gasteiger partial charge in [0.1, 0.15) is 0 Å². The number of hydrogen-bond donors (Lipinski definition) is 1. The Kier molecular flexibility index (Phi) is 2.39. The van der Waals surface area contributed by atoms with Crippen LogP contribution in [0, 0.1) is 0 Å². The summed E-state index contributed by atoms with van der Waals surface area (Å²) >= 11 is 15.5. The minimum Gasteiger partial charge on any atom is -0.354 e. The van der Waals surface area contributed by atoms with Gasteiger partial charge in [-0.05, 0) is 24.3 Å². The first-order valence-corrected chi connectivity index (χ1v) is 6.26. The van der Waals surface area contributed by atoms with Gasteiger partial charge in [-0.2, -0.15) is 0 Å². The van der Waals surface area contributed by atoms with Gasteiger partial charge in [0.25, 0.3) is 0 Å². The molecule has 0 bridgehead atoms. The standard InChI is InChI=1S/C12H6BrCl2N/c13-6-1-2-7-8-4-9(14)10(15)5-12(8)16-11(7)3-6/h1-5,16H. The zero-order chi connectivity index (χ0) is 11.3. The maximum Gasteiger partial charge on any atom is 0.0613 e. The zero-order valence-corrected chi connectivity index (χ0v) is 11.1. The second-order valence-corrected chi connectivity index (χ2v) is 5.36. The van der Waals surface area contributed by atoms with Gasteiger partial charge in [0, 0.05) is 26.3 Å². The van der Waals surface area contributed by atoms with E-state index >= 15 is 0 Å². The number of H-pyrrole nitrogens is 1. The molecule has 0 aliphatic carbocycles. The summed E-state index contributed by atoms with van der Waals surface area (Å²) in [6, 6.07) is 9.86. The number of nitrogens with one attached hydrogen (secondary N) is 1. The van der Waals surface area contributed by atoms with Crippen LogP contribution in [-0.4, -0.2) is 4.98 Å². The summed E-state index contributed by atoms with van der Waals surface area (Å²) in [7, 11) is 0. The van der Waals surface area contributed by atoms with Gasteiger partial charge in [0.2, 0.25) is 0 Å². The van der Waals surface area contributed by atoms with E-state index in [2.05, 4.69) is 27.0 Å². The first-order chi connectivity index (χ1) is 7.65. The second kappa shape index (κ2) is 3.66. The molecule has 3 aromatic rings. The van der Waals surface area contributed by atoms with Crippen LogP contribution in [0.3, 0.4) is 0 Å². The predicted octanol–water partition coefficient (Wildman–Crippen LogP) is 5.39. The van der Waals surface area contributed by atoms with E-state index in [0.29, 0.717) is 10.0 Å². The van der Waals surface area contributed by atoms with Crippen LogP contribution in [0.25, 0.3) is 21.8 Å². The molecule has 1 N–H and O–H groups in total. The number of aromatic nitrogens is 1. The van der Waals surface area contributed by atoms with Crippen LogP contribution in [0.5, 0.6) is 0 Å². The highest BCUT2D eigenvalue weighted by atomic mass is 79.9. The molecule has 4 heteroatoms. The number of halogens is 3. The molecule has 0 atom stereocenters. The molecular weight excluding hydrogens is 309 g/mol. The lowest BCUT2D eigenvalue weighted by molar-refractivity contribution is 1.54. The van der Waals surface area contributed by atoms with Crippen LogP contribution < -0.4 is 0 Å². The molecule has 0 aliphatic rings. The van der Waals surface area contributed by atoms with Crippen molar-refractivity contribution in [3.8, 4) is 0 Å². The lowest BCUT2D eigenvalue weighted by atomic mass is 10.1. The van der Waals surface area contributed by atoms with Crippen molar-refractivity contribution in [2.75, 3.05) is 0 Å². The van der Waals surface area contributed by atoms with Gasteiger partial charge >= 0.3 is 0 Å². The number of rotatable bonds is 0. The molecule has 0 spiro atoms. The second-order valence-electron chi connectivity index (χ2n) is 3.63. The first-order valence-electron chi connectivity index (χ1n) is 4.71. The fourth-order valence-electron chi connectivity index (χ4n) is 1.87. The smallest absolute Gasteiger partial charge is 0.0613 e. The van der Waals surface area contributed by atoms with Crippen molar-refractivity contribution < 1.29 is 0 Å². The lowest BCUT2D eigenvalue weighted by Crippen LogP contribution is -1.70. The Morgan fingerprint density at radius 1 is 0.875 bits per heavy atom. The molecule has 1 nitrogen and oxygen atoms in total. The number of benzene rings is 2. The van der Waals surface area contributed by atoms with E-state index in [9.17, 15) is 0 Å². The summed E-state index contributed by atoms with van der Waals surface area (Å²) in [6.07, 6.45) is 0. The predicted molar refractivity (Wildman–Crippen MR) is 73.5 cm³/mol. The van der Waals surface area contributed by atoms with Crippen molar-refractivity contribution in [3.63, 3.8) is 0 Å². The minimum absolute atomic E-state index is 0.569. The van der Waals surface area contributed by atoms with Gasteiger partial charge in [-0.15, -0.1) is 0 Å². The molecule has 2 aromatic carbocycles. The normalized spacial score (nSPS) is 11.4. The van der Waals surface area contributed by atoms with Crippen molar-refractivity contribution >= 4 is 60.9 Å². The third-order valence-electron chi connectivity index (χ3n) is 2.60. The van der Waals surface area contributed by atoms with Crippen LogP contribution in [0.15, 0.2) is 34.8 Å². The Morgan fingerprint density at radius 2 is 1.56 bits per heavy atom. The average molecular weight is 315 g/mol. The number of fused-ring (bicyclic) bond motifs is 3. The molecule has 1 heterocycles. The highest BCUT2D eigenvalue weighted by Gasteiger charge is 2.07. The Morgan fingerprint density at radius 3 is 2.38 bits per heavy atom.